The lowest BCUT2D eigenvalue weighted by Crippen LogP contribution is -2.26. The highest BCUT2D eigenvalue weighted by Crippen LogP contribution is 2.28. The minimum absolute atomic E-state index is 0.403. The summed E-state index contributed by atoms with van der Waals surface area (Å²) in [5.41, 5.74) is 4.27. The van der Waals surface area contributed by atoms with Crippen molar-refractivity contribution in [2.75, 3.05) is 13.2 Å². The molecule has 0 radical (unpaired) electrons. The molecule has 0 heterocycles. The maximum atomic E-state index is 13.0. The molecule has 3 aromatic rings. The molecule has 0 spiro atoms. The maximum Gasteiger partial charge on any atom is 0.343 e. The molecule has 0 N–H and O–H groups in total. The quantitative estimate of drug-likeness (QED) is 0.0616. The standard InChI is InChI=1S/C41H56O6/c1-6-8-10-11-12-13-14-15-16-18-28-45-39-31(3)29-36(30-32(39)4)41(43)47-38-25-21-35(22-26-38)34-19-23-37(24-20-34)46-40(42)33(5)44-27-17-9-7-2/h19-26,29-30,33H,6-18,27-28H2,1-5H3. The Hall–Kier alpha value is -3.64. The maximum absolute atomic E-state index is 13.0. The zero-order valence-corrected chi connectivity index (χ0v) is 29.4. The van der Waals surface area contributed by atoms with Gasteiger partial charge >= 0.3 is 11.9 Å². The molecule has 256 valence electrons. The molecular weight excluding hydrogens is 588 g/mol. The lowest BCUT2D eigenvalue weighted by Gasteiger charge is -2.14. The Morgan fingerprint density at radius 3 is 1.57 bits per heavy atom. The van der Waals surface area contributed by atoms with Crippen LogP contribution in [0.5, 0.6) is 17.2 Å². The van der Waals surface area contributed by atoms with Crippen LogP contribution in [0.2, 0.25) is 0 Å². The minimum Gasteiger partial charge on any atom is -0.493 e. The molecule has 0 bridgehead atoms. The van der Waals surface area contributed by atoms with Crippen molar-refractivity contribution in [1.29, 1.82) is 0 Å². The average Bonchev–Trinajstić information content (AvgIpc) is 3.07. The number of hydrogen-bond acceptors (Lipinski definition) is 6. The molecule has 6 heteroatoms. The molecule has 0 aromatic heterocycles. The number of unbranched alkanes of at least 4 members (excludes halogenated alkanes) is 11. The molecule has 0 saturated carbocycles. The van der Waals surface area contributed by atoms with E-state index >= 15 is 0 Å². The van der Waals surface area contributed by atoms with Gasteiger partial charge in [0.25, 0.3) is 0 Å². The molecule has 0 aliphatic rings. The lowest BCUT2D eigenvalue weighted by molar-refractivity contribution is -0.146. The van der Waals surface area contributed by atoms with Crippen molar-refractivity contribution in [3.8, 4) is 28.4 Å². The van der Waals surface area contributed by atoms with E-state index in [0.29, 0.717) is 30.3 Å². The third kappa shape index (κ3) is 13.6. The summed E-state index contributed by atoms with van der Waals surface area (Å²) in [6, 6.07) is 18.3. The summed E-state index contributed by atoms with van der Waals surface area (Å²) >= 11 is 0. The summed E-state index contributed by atoms with van der Waals surface area (Å²) in [6.07, 6.45) is 15.4. The first kappa shape index (κ1) is 37.8. The molecule has 6 nitrogen and oxygen atoms in total. The first-order valence-corrected chi connectivity index (χ1v) is 17.8. The van der Waals surface area contributed by atoms with Gasteiger partial charge in [-0.3, -0.25) is 0 Å². The van der Waals surface area contributed by atoms with Crippen LogP contribution in [0.1, 0.15) is 126 Å². The van der Waals surface area contributed by atoms with Gasteiger partial charge in [-0.05, 0) is 92.3 Å². The van der Waals surface area contributed by atoms with E-state index in [1.165, 1.54) is 57.8 Å². The van der Waals surface area contributed by atoms with Crippen molar-refractivity contribution >= 4 is 11.9 Å². The monoisotopic (exact) mass is 644 g/mol. The Bertz CT molecular complexity index is 1320. The van der Waals surface area contributed by atoms with Crippen LogP contribution in [0, 0.1) is 13.8 Å². The van der Waals surface area contributed by atoms with Crippen LogP contribution in [0.4, 0.5) is 0 Å². The van der Waals surface area contributed by atoms with E-state index in [-0.39, 0.29) is 0 Å². The second-order valence-corrected chi connectivity index (χ2v) is 12.5. The largest absolute Gasteiger partial charge is 0.493 e. The summed E-state index contributed by atoms with van der Waals surface area (Å²) in [7, 11) is 0. The van der Waals surface area contributed by atoms with Gasteiger partial charge in [-0.15, -0.1) is 0 Å². The van der Waals surface area contributed by atoms with Gasteiger partial charge in [0.1, 0.15) is 17.2 Å². The smallest absolute Gasteiger partial charge is 0.343 e. The SMILES string of the molecule is CCCCCCCCCCCCOc1c(C)cc(C(=O)Oc2ccc(-c3ccc(OC(=O)C(C)OCCCCC)cc3)cc2)cc1C. The van der Waals surface area contributed by atoms with E-state index in [1.807, 2.05) is 50.2 Å². The molecule has 0 aliphatic heterocycles. The Kier molecular flexibility index (Phi) is 17.1. The van der Waals surface area contributed by atoms with Gasteiger partial charge < -0.3 is 18.9 Å². The zero-order chi connectivity index (χ0) is 33.9. The molecule has 0 amide bonds. The van der Waals surface area contributed by atoms with Crippen LogP contribution in [0.25, 0.3) is 11.1 Å². The number of carbonyl (C=O) groups is 2. The second-order valence-electron chi connectivity index (χ2n) is 12.5. The van der Waals surface area contributed by atoms with Crippen molar-refractivity contribution in [1.82, 2.24) is 0 Å². The summed E-state index contributed by atoms with van der Waals surface area (Å²) in [4.78, 5) is 25.3. The Morgan fingerprint density at radius 2 is 1.04 bits per heavy atom. The van der Waals surface area contributed by atoms with Crippen molar-refractivity contribution in [2.24, 2.45) is 0 Å². The van der Waals surface area contributed by atoms with E-state index in [0.717, 1.165) is 53.7 Å². The van der Waals surface area contributed by atoms with Crippen LogP contribution in [0.3, 0.4) is 0 Å². The number of hydrogen-bond donors (Lipinski definition) is 0. The van der Waals surface area contributed by atoms with Crippen molar-refractivity contribution < 1.29 is 28.5 Å². The van der Waals surface area contributed by atoms with Gasteiger partial charge in [-0.25, -0.2) is 9.59 Å². The fourth-order valence-corrected chi connectivity index (χ4v) is 5.54. The number of carbonyl (C=O) groups excluding carboxylic acids is 2. The van der Waals surface area contributed by atoms with E-state index < -0.39 is 18.0 Å². The molecule has 0 saturated heterocycles. The summed E-state index contributed by atoms with van der Waals surface area (Å²) in [6.45, 7) is 11.3. The predicted molar refractivity (Wildman–Crippen MR) is 191 cm³/mol. The van der Waals surface area contributed by atoms with Gasteiger partial charge in [-0.2, -0.15) is 0 Å². The van der Waals surface area contributed by atoms with Crippen LogP contribution in [-0.4, -0.2) is 31.3 Å². The number of rotatable bonds is 22. The number of benzene rings is 3. The van der Waals surface area contributed by atoms with Gasteiger partial charge in [0.05, 0.1) is 12.2 Å². The number of esters is 2. The van der Waals surface area contributed by atoms with Crippen LogP contribution in [-0.2, 0) is 9.53 Å². The Morgan fingerprint density at radius 1 is 0.596 bits per heavy atom. The van der Waals surface area contributed by atoms with Crippen LogP contribution in [0.15, 0.2) is 60.7 Å². The highest BCUT2D eigenvalue weighted by Gasteiger charge is 2.17. The normalized spacial score (nSPS) is 11.7. The van der Waals surface area contributed by atoms with Crippen LogP contribution < -0.4 is 14.2 Å². The molecule has 0 fully saturated rings. The third-order valence-electron chi connectivity index (χ3n) is 8.36. The highest BCUT2D eigenvalue weighted by atomic mass is 16.6. The van der Waals surface area contributed by atoms with Gasteiger partial charge in [-0.1, -0.05) is 109 Å². The zero-order valence-electron chi connectivity index (χ0n) is 29.4. The fraction of sp³-hybridized carbons (Fsp3) is 0.512. The van der Waals surface area contributed by atoms with E-state index in [4.69, 9.17) is 18.9 Å². The molecule has 3 aromatic carbocycles. The molecule has 3 rings (SSSR count). The molecule has 1 atom stereocenters. The second kappa shape index (κ2) is 21.3. The Labute approximate surface area is 283 Å². The van der Waals surface area contributed by atoms with Gasteiger partial charge in [0.15, 0.2) is 6.10 Å². The van der Waals surface area contributed by atoms with Crippen molar-refractivity contribution in [3.05, 3.63) is 77.4 Å². The molecule has 0 aliphatic carbocycles. The van der Waals surface area contributed by atoms with Crippen molar-refractivity contribution in [3.63, 3.8) is 0 Å². The summed E-state index contributed by atoms with van der Waals surface area (Å²) in [5, 5.41) is 0. The van der Waals surface area contributed by atoms with Crippen LogP contribution >= 0.6 is 0 Å². The average molecular weight is 645 g/mol. The van der Waals surface area contributed by atoms with Crippen molar-refractivity contribution in [2.45, 2.75) is 124 Å². The number of aryl methyl sites for hydroxylation is 2. The van der Waals surface area contributed by atoms with E-state index in [1.54, 1.807) is 31.2 Å². The minimum atomic E-state index is -0.611. The molecular formula is C41H56O6. The first-order valence-electron chi connectivity index (χ1n) is 17.8. The fourth-order valence-electron chi connectivity index (χ4n) is 5.54. The van der Waals surface area contributed by atoms with Gasteiger partial charge in [0.2, 0.25) is 0 Å². The third-order valence-corrected chi connectivity index (χ3v) is 8.36. The molecule has 1 unspecified atom stereocenters. The summed E-state index contributed by atoms with van der Waals surface area (Å²) < 4.78 is 22.9. The van der Waals surface area contributed by atoms with Gasteiger partial charge in [0, 0.05) is 6.61 Å². The topological polar surface area (TPSA) is 71.1 Å². The summed E-state index contributed by atoms with van der Waals surface area (Å²) in [5.74, 6) is 0.980. The predicted octanol–water partition coefficient (Wildman–Crippen LogP) is 11.0. The molecule has 47 heavy (non-hydrogen) atoms. The first-order chi connectivity index (χ1) is 22.8. The Balaban J connectivity index is 1.43. The van der Waals surface area contributed by atoms with E-state index in [2.05, 4.69) is 13.8 Å². The highest BCUT2D eigenvalue weighted by molar-refractivity contribution is 5.92. The number of ether oxygens (including phenoxy) is 4. The van der Waals surface area contributed by atoms with E-state index in [9.17, 15) is 9.59 Å². The lowest BCUT2D eigenvalue weighted by atomic mass is 10.0.